The largest absolute Gasteiger partial charge is 0.534 e. The minimum atomic E-state index is -5.62. The number of rotatable bonds is 2. The molecule has 4 nitrogen and oxygen atoms in total. The molecule has 1 atom stereocenters. The van der Waals surface area contributed by atoms with Gasteiger partial charge in [0.1, 0.15) is 5.76 Å². The van der Waals surface area contributed by atoms with Crippen molar-refractivity contribution in [1.29, 1.82) is 0 Å². The summed E-state index contributed by atoms with van der Waals surface area (Å²) in [6.45, 7) is 1.35. The summed E-state index contributed by atoms with van der Waals surface area (Å²) < 4.78 is 61.5. The van der Waals surface area contributed by atoms with Gasteiger partial charge in [-0.25, -0.2) is 0 Å². The topological polar surface area (TPSA) is 63.6 Å². The third-order valence-corrected chi connectivity index (χ3v) is 3.30. The van der Waals surface area contributed by atoms with Crippen LogP contribution in [0.15, 0.2) is 11.3 Å². The Kier molecular flexibility index (Phi) is 3.53. The maximum atomic E-state index is 12.0. The molecule has 16 heavy (non-hydrogen) atoms. The van der Waals surface area contributed by atoms with Crippen LogP contribution in [0.25, 0.3) is 0 Å². The van der Waals surface area contributed by atoms with Gasteiger partial charge in [0, 0.05) is 6.42 Å². The molecule has 1 aliphatic carbocycles. The second kappa shape index (κ2) is 4.25. The van der Waals surface area contributed by atoms with Crippen molar-refractivity contribution >= 4 is 10.1 Å². The van der Waals surface area contributed by atoms with E-state index in [0.717, 1.165) is 0 Å². The van der Waals surface area contributed by atoms with Crippen molar-refractivity contribution in [1.82, 2.24) is 0 Å². The summed E-state index contributed by atoms with van der Waals surface area (Å²) >= 11 is 0. The molecular weight excluding hydrogens is 249 g/mol. The lowest BCUT2D eigenvalue weighted by molar-refractivity contribution is -0.0526. The van der Waals surface area contributed by atoms with E-state index < -0.39 is 21.7 Å². The minimum absolute atomic E-state index is 0.0816. The van der Waals surface area contributed by atoms with Crippen LogP contribution < -0.4 is 0 Å². The van der Waals surface area contributed by atoms with Gasteiger partial charge < -0.3 is 9.29 Å². The van der Waals surface area contributed by atoms with Crippen molar-refractivity contribution in [3.05, 3.63) is 11.3 Å². The van der Waals surface area contributed by atoms with Gasteiger partial charge >= 0.3 is 15.6 Å². The van der Waals surface area contributed by atoms with Crippen molar-refractivity contribution < 1.29 is 30.9 Å². The van der Waals surface area contributed by atoms with E-state index in [1.165, 1.54) is 6.92 Å². The number of aliphatic hydroxyl groups excluding tert-OH is 1. The van der Waals surface area contributed by atoms with Gasteiger partial charge in [-0.2, -0.15) is 21.6 Å². The highest BCUT2D eigenvalue weighted by Crippen LogP contribution is 2.32. The molecule has 0 aromatic rings. The Morgan fingerprint density at radius 1 is 1.44 bits per heavy atom. The first-order valence-electron chi connectivity index (χ1n) is 4.53. The molecule has 0 fully saturated rings. The van der Waals surface area contributed by atoms with Crippen LogP contribution in [0.4, 0.5) is 13.2 Å². The van der Waals surface area contributed by atoms with Crippen LogP contribution in [-0.2, 0) is 14.3 Å². The van der Waals surface area contributed by atoms with E-state index in [-0.39, 0.29) is 17.8 Å². The number of aliphatic hydroxyl groups is 1. The fourth-order valence-corrected chi connectivity index (χ4v) is 1.92. The van der Waals surface area contributed by atoms with Crippen molar-refractivity contribution in [3.63, 3.8) is 0 Å². The van der Waals surface area contributed by atoms with Crippen LogP contribution >= 0.6 is 0 Å². The zero-order valence-corrected chi connectivity index (χ0v) is 9.23. The van der Waals surface area contributed by atoms with E-state index in [0.29, 0.717) is 12.8 Å². The molecule has 1 N–H and O–H groups in total. The summed E-state index contributed by atoms with van der Waals surface area (Å²) in [4.78, 5) is 0. The summed E-state index contributed by atoms with van der Waals surface area (Å²) in [6.07, 6.45) is -0.0725. The highest BCUT2D eigenvalue weighted by molar-refractivity contribution is 7.87. The summed E-state index contributed by atoms with van der Waals surface area (Å²) in [6, 6.07) is 0. The standard InChI is InChI=1S/C8H11F3O4S/c1-5-6(12)3-2-4-7(5)15-16(13,14)8(9,10)11/h6,12H,2-4H2,1H3. The first kappa shape index (κ1) is 13.3. The van der Waals surface area contributed by atoms with Gasteiger partial charge in [-0.3, -0.25) is 0 Å². The smallest absolute Gasteiger partial charge is 0.389 e. The third-order valence-electron chi connectivity index (χ3n) is 2.31. The quantitative estimate of drug-likeness (QED) is 0.606. The summed E-state index contributed by atoms with van der Waals surface area (Å²) in [7, 11) is -5.62. The molecule has 1 unspecified atom stereocenters. The van der Waals surface area contributed by atoms with Crippen molar-refractivity contribution in [2.75, 3.05) is 0 Å². The molecule has 8 heteroatoms. The Bertz CT molecular complexity index is 396. The average Bonchev–Trinajstić information content (AvgIpc) is 2.11. The van der Waals surface area contributed by atoms with Crippen LogP contribution in [0.2, 0.25) is 0 Å². The minimum Gasteiger partial charge on any atom is -0.389 e. The fourth-order valence-electron chi connectivity index (χ4n) is 1.34. The molecular formula is C8H11F3O4S. The first-order chi connectivity index (χ1) is 7.15. The fraction of sp³-hybridized carbons (Fsp3) is 0.750. The SMILES string of the molecule is CC1=C(OS(=O)(=O)C(F)(F)F)CCCC1O. The average molecular weight is 260 g/mol. The predicted molar refractivity (Wildman–Crippen MR) is 48.6 cm³/mol. The van der Waals surface area contributed by atoms with E-state index in [2.05, 4.69) is 4.18 Å². The van der Waals surface area contributed by atoms with Gasteiger partial charge in [-0.1, -0.05) is 0 Å². The number of alkyl halides is 3. The van der Waals surface area contributed by atoms with E-state index >= 15 is 0 Å². The molecule has 0 saturated carbocycles. The summed E-state index contributed by atoms with van der Waals surface area (Å²) in [5, 5.41) is 9.33. The van der Waals surface area contributed by atoms with Crippen molar-refractivity contribution in [2.24, 2.45) is 0 Å². The zero-order chi connectivity index (χ0) is 12.6. The van der Waals surface area contributed by atoms with E-state index in [4.69, 9.17) is 0 Å². The molecule has 0 saturated heterocycles. The van der Waals surface area contributed by atoms with Crippen molar-refractivity contribution in [2.45, 2.75) is 37.8 Å². The van der Waals surface area contributed by atoms with Crippen LogP contribution in [0.3, 0.4) is 0 Å². The highest BCUT2D eigenvalue weighted by atomic mass is 32.2. The van der Waals surface area contributed by atoms with Gasteiger partial charge in [-0.15, -0.1) is 0 Å². The molecule has 0 aromatic heterocycles. The summed E-state index contributed by atoms with van der Waals surface area (Å²) in [5.41, 5.74) is -5.30. The molecule has 1 rings (SSSR count). The molecule has 0 radical (unpaired) electrons. The van der Waals surface area contributed by atoms with Gasteiger partial charge in [-0.05, 0) is 25.3 Å². The zero-order valence-electron chi connectivity index (χ0n) is 8.41. The Labute approximate surface area is 90.8 Å². The van der Waals surface area contributed by atoms with Gasteiger partial charge in [0.05, 0.1) is 6.10 Å². The monoisotopic (exact) mass is 260 g/mol. The molecule has 0 spiro atoms. The number of hydrogen-bond donors (Lipinski definition) is 1. The van der Waals surface area contributed by atoms with E-state index in [9.17, 15) is 26.7 Å². The second-order valence-corrected chi connectivity index (χ2v) is 5.04. The molecule has 94 valence electrons. The first-order valence-corrected chi connectivity index (χ1v) is 5.94. The maximum absolute atomic E-state index is 12.0. The van der Waals surface area contributed by atoms with Crippen LogP contribution in [-0.4, -0.2) is 25.1 Å². The highest BCUT2D eigenvalue weighted by Gasteiger charge is 2.49. The Balaban J connectivity index is 2.94. The Morgan fingerprint density at radius 2 is 2.00 bits per heavy atom. The van der Waals surface area contributed by atoms with Crippen molar-refractivity contribution in [3.8, 4) is 0 Å². The van der Waals surface area contributed by atoms with Crippen LogP contribution in [0.5, 0.6) is 0 Å². The molecule has 0 aliphatic heterocycles. The lowest BCUT2D eigenvalue weighted by Gasteiger charge is -2.22. The molecule has 0 amide bonds. The van der Waals surface area contributed by atoms with Gasteiger partial charge in [0.25, 0.3) is 0 Å². The van der Waals surface area contributed by atoms with E-state index in [1.807, 2.05) is 0 Å². The number of halogens is 3. The van der Waals surface area contributed by atoms with E-state index in [1.54, 1.807) is 0 Å². The second-order valence-electron chi connectivity index (χ2n) is 3.50. The Morgan fingerprint density at radius 3 is 2.50 bits per heavy atom. The van der Waals surface area contributed by atoms with Crippen LogP contribution in [0.1, 0.15) is 26.2 Å². The molecule has 0 heterocycles. The third kappa shape index (κ3) is 2.67. The maximum Gasteiger partial charge on any atom is 0.534 e. The lowest BCUT2D eigenvalue weighted by atomic mass is 9.96. The predicted octanol–water partition coefficient (Wildman–Crippen LogP) is 1.67. The lowest BCUT2D eigenvalue weighted by Crippen LogP contribution is -2.27. The molecule has 1 aliphatic rings. The van der Waals surface area contributed by atoms with Crippen LogP contribution in [0, 0.1) is 0 Å². The number of allylic oxidation sites excluding steroid dienone is 1. The van der Waals surface area contributed by atoms with Gasteiger partial charge in [0.2, 0.25) is 0 Å². The molecule has 0 aromatic carbocycles. The summed E-state index contributed by atoms with van der Waals surface area (Å²) in [5.74, 6) is -0.309. The molecule has 0 bridgehead atoms. The normalized spacial score (nSPS) is 23.4. The Hall–Kier alpha value is -0.760. The number of hydrogen-bond acceptors (Lipinski definition) is 4. The van der Waals surface area contributed by atoms with Gasteiger partial charge in [0.15, 0.2) is 0 Å².